The maximum absolute atomic E-state index is 12.7. The lowest BCUT2D eigenvalue weighted by Crippen LogP contribution is -2.39. The van der Waals surface area contributed by atoms with Gasteiger partial charge in [-0.2, -0.15) is 0 Å². The van der Waals surface area contributed by atoms with Gasteiger partial charge in [-0.05, 0) is 30.5 Å². The van der Waals surface area contributed by atoms with Gasteiger partial charge in [0.05, 0.1) is 23.1 Å². The van der Waals surface area contributed by atoms with Crippen LogP contribution in [-0.4, -0.2) is 53.0 Å². The van der Waals surface area contributed by atoms with E-state index in [1.165, 1.54) is 0 Å². The Hall–Kier alpha value is -2.59. The van der Waals surface area contributed by atoms with Gasteiger partial charge in [-0.3, -0.25) is 4.79 Å². The Morgan fingerprint density at radius 3 is 2.72 bits per heavy atom. The van der Waals surface area contributed by atoms with Gasteiger partial charge in [0.25, 0.3) is 0 Å². The number of urea groups is 1. The largest absolute Gasteiger partial charge is 0.342 e. The molecule has 9 nitrogen and oxygen atoms in total. The molecule has 3 amide bonds. The van der Waals surface area contributed by atoms with Crippen molar-refractivity contribution in [1.82, 2.24) is 25.5 Å². The Morgan fingerprint density at radius 2 is 2.03 bits per heavy atom. The van der Waals surface area contributed by atoms with Crippen LogP contribution in [0.15, 0.2) is 36.7 Å². The Bertz CT molecular complexity index is 1100. The van der Waals surface area contributed by atoms with Crippen LogP contribution in [0.4, 0.5) is 4.79 Å². The van der Waals surface area contributed by atoms with E-state index in [1.54, 1.807) is 18.3 Å². The monoisotopic (exact) mass is 479 g/mol. The van der Waals surface area contributed by atoms with E-state index in [1.807, 2.05) is 29.9 Å². The second kappa shape index (κ2) is 9.11. The van der Waals surface area contributed by atoms with E-state index in [9.17, 15) is 18.0 Å². The minimum Gasteiger partial charge on any atom is -0.342 e. The number of sulfone groups is 1. The molecule has 2 aliphatic heterocycles. The lowest BCUT2D eigenvalue weighted by molar-refractivity contribution is -0.121. The average Bonchev–Trinajstić information content (AvgIpc) is 3.37. The number of amides is 3. The molecule has 2 saturated heterocycles. The Kier molecular flexibility index (Phi) is 6.43. The predicted molar refractivity (Wildman–Crippen MR) is 120 cm³/mol. The van der Waals surface area contributed by atoms with Crippen LogP contribution in [0, 0.1) is 0 Å². The highest BCUT2D eigenvalue weighted by atomic mass is 35.5. The van der Waals surface area contributed by atoms with Gasteiger partial charge in [-0.15, -0.1) is 0 Å². The number of rotatable bonds is 8. The van der Waals surface area contributed by atoms with Crippen molar-refractivity contribution in [2.45, 2.75) is 49.1 Å². The summed E-state index contributed by atoms with van der Waals surface area (Å²) in [6, 6.07) is 5.76. The number of aryl methyl sites for hydroxylation is 1. The second-order valence-corrected chi connectivity index (χ2v) is 11.0. The first-order valence-electron chi connectivity index (χ1n) is 10.6. The van der Waals surface area contributed by atoms with Crippen LogP contribution in [0.25, 0.3) is 0 Å². The first kappa shape index (κ1) is 22.6. The van der Waals surface area contributed by atoms with Gasteiger partial charge in [-0.25, -0.2) is 18.2 Å². The van der Waals surface area contributed by atoms with E-state index in [-0.39, 0.29) is 36.2 Å². The summed E-state index contributed by atoms with van der Waals surface area (Å²) < 4.78 is 26.7. The first-order chi connectivity index (χ1) is 15.2. The summed E-state index contributed by atoms with van der Waals surface area (Å²) in [6.07, 6.45) is 5.29. The van der Waals surface area contributed by atoms with E-state index < -0.39 is 21.1 Å². The van der Waals surface area contributed by atoms with Crippen molar-refractivity contribution in [3.8, 4) is 0 Å². The van der Waals surface area contributed by atoms with Crippen molar-refractivity contribution in [2.24, 2.45) is 7.05 Å². The fourth-order valence-electron chi connectivity index (χ4n) is 4.48. The van der Waals surface area contributed by atoms with E-state index in [0.717, 1.165) is 5.56 Å². The molecule has 4 atom stereocenters. The molecule has 0 spiro atoms. The number of nitrogens with zero attached hydrogens (tertiary/aromatic N) is 2. The summed E-state index contributed by atoms with van der Waals surface area (Å²) in [5, 5.41) is 8.41. The molecule has 0 unspecified atom stereocenters. The van der Waals surface area contributed by atoms with E-state index in [0.29, 0.717) is 30.1 Å². The number of aromatic nitrogens is 2. The summed E-state index contributed by atoms with van der Waals surface area (Å²) in [6.45, 7) is 0. The van der Waals surface area contributed by atoms with Crippen molar-refractivity contribution in [3.63, 3.8) is 0 Å². The molecule has 0 bridgehead atoms. The van der Waals surface area contributed by atoms with Crippen molar-refractivity contribution >= 4 is 33.4 Å². The third-order valence-corrected chi connectivity index (χ3v) is 8.62. The highest BCUT2D eigenvalue weighted by Gasteiger charge is 2.51. The molecule has 0 saturated carbocycles. The van der Waals surface area contributed by atoms with E-state index in [2.05, 4.69) is 20.9 Å². The van der Waals surface area contributed by atoms with Gasteiger partial charge in [0, 0.05) is 30.9 Å². The highest BCUT2D eigenvalue weighted by Crippen LogP contribution is 2.28. The fraction of sp³-hybridized carbons (Fsp3) is 0.476. The minimum absolute atomic E-state index is 0.0337. The number of imidazole rings is 1. The predicted octanol–water partition coefficient (Wildman–Crippen LogP) is 1.69. The molecule has 1 aromatic carbocycles. The summed E-state index contributed by atoms with van der Waals surface area (Å²) in [5.74, 6) is 0.526. The zero-order valence-electron chi connectivity index (χ0n) is 17.6. The normalized spacial score (nSPS) is 24.4. The molecule has 3 N–H and O–H groups in total. The number of carbonyl (C=O) groups is 2. The van der Waals surface area contributed by atoms with Crippen LogP contribution in [-0.2, 0) is 21.7 Å². The molecule has 0 aliphatic carbocycles. The number of benzene rings is 1. The molecule has 32 heavy (non-hydrogen) atoms. The highest BCUT2D eigenvalue weighted by molar-refractivity contribution is 7.92. The zero-order chi connectivity index (χ0) is 22.9. The van der Waals surface area contributed by atoms with Gasteiger partial charge in [0.1, 0.15) is 11.9 Å². The first-order valence-corrected chi connectivity index (χ1v) is 12.6. The summed E-state index contributed by atoms with van der Waals surface area (Å²) >= 11 is 6.00. The molecule has 1 aromatic heterocycles. The lowest BCUT2D eigenvalue weighted by Gasteiger charge is -2.20. The molecule has 172 valence electrons. The topological polar surface area (TPSA) is 122 Å². The molecule has 3 heterocycles. The Labute approximate surface area is 191 Å². The van der Waals surface area contributed by atoms with Crippen molar-refractivity contribution in [3.05, 3.63) is 53.1 Å². The minimum atomic E-state index is -3.26. The molecule has 2 aliphatic rings. The van der Waals surface area contributed by atoms with Crippen LogP contribution in [0.3, 0.4) is 0 Å². The Morgan fingerprint density at radius 1 is 1.28 bits per heavy atom. The van der Waals surface area contributed by atoms with Crippen LogP contribution < -0.4 is 16.0 Å². The van der Waals surface area contributed by atoms with E-state index in [4.69, 9.17) is 11.6 Å². The summed E-state index contributed by atoms with van der Waals surface area (Å²) in [5.41, 5.74) is 0.865. The molecular formula is C21H26ClN5O4S. The average molecular weight is 480 g/mol. The number of hydrogen-bond acceptors (Lipinski definition) is 5. The van der Waals surface area contributed by atoms with Gasteiger partial charge >= 0.3 is 6.03 Å². The second-order valence-electron chi connectivity index (χ2n) is 8.31. The number of fused-ring (bicyclic) bond motifs is 1. The van der Waals surface area contributed by atoms with Crippen molar-refractivity contribution < 1.29 is 18.0 Å². The SMILES string of the molecule is Cn1ccnc1[C@H](NC(=O)CCCC[C@@H]1[C@H]2NC(=O)N[C@H]2CS1(=O)=O)c1ccc(Cl)cc1. The maximum atomic E-state index is 12.7. The van der Waals surface area contributed by atoms with Crippen LogP contribution >= 0.6 is 11.6 Å². The fourth-order valence-corrected chi connectivity index (χ4v) is 6.87. The van der Waals surface area contributed by atoms with Crippen molar-refractivity contribution in [2.75, 3.05) is 5.75 Å². The number of unbranched alkanes of at least 4 members (excludes halogenated alkanes) is 1. The van der Waals surface area contributed by atoms with Gasteiger partial charge < -0.3 is 20.5 Å². The van der Waals surface area contributed by atoms with E-state index >= 15 is 0 Å². The maximum Gasteiger partial charge on any atom is 0.315 e. The lowest BCUT2D eigenvalue weighted by atomic mass is 10.0. The molecule has 0 radical (unpaired) electrons. The number of carbonyl (C=O) groups excluding carboxylic acids is 2. The van der Waals surface area contributed by atoms with Gasteiger partial charge in [0.2, 0.25) is 5.91 Å². The number of nitrogens with one attached hydrogen (secondary N) is 3. The van der Waals surface area contributed by atoms with Crippen LogP contribution in [0.2, 0.25) is 5.02 Å². The Balaban J connectivity index is 1.33. The molecule has 2 aromatic rings. The molecular weight excluding hydrogens is 454 g/mol. The molecule has 11 heteroatoms. The number of halogens is 1. The quantitative estimate of drug-likeness (QED) is 0.393. The van der Waals surface area contributed by atoms with Gasteiger partial charge in [-0.1, -0.05) is 30.2 Å². The van der Waals surface area contributed by atoms with Gasteiger partial charge in [0.15, 0.2) is 9.84 Å². The number of hydrogen-bond donors (Lipinski definition) is 3. The zero-order valence-corrected chi connectivity index (χ0v) is 19.2. The summed E-state index contributed by atoms with van der Waals surface area (Å²) in [4.78, 5) is 28.6. The molecule has 4 rings (SSSR count). The molecule has 2 fully saturated rings. The van der Waals surface area contributed by atoms with Crippen LogP contribution in [0.1, 0.15) is 43.1 Å². The standard InChI is InChI=1S/C21H26ClN5O4S/c1-27-11-10-23-20(27)18(13-6-8-14(22)9-7-13)25-17(28)5-3-2-4-16-19-15(12-32(16,30)31)24-21(29)26-19/h6-11,15-16,18-19H,2-5,12H2,1H3,(H,25,28)(H2,24,26,29)/t15-,16+,18+,19-/m0/s1. The summed E-state index contributed by atoms with van der Waals surface area (Å²) in [7, 11) is -1.40. The van der Waals surface area contributed by atoms with Crippen molar-refractivity contribution in [1.29, 1.82) is 0 Å². The third-order valence-electron chi connectivity index (χ3n) is 6.09. The smallest absolute Gasteiger partial charge is 0.315 e. The van der Waals surface area contributed by atoms with Crippen LogP contribution in [0.5, 0.6) is 0 Å². The third kappa shape index (κ3) is 4.75.